The Morgan fingerprint density at radius 3 is 2.04 bits per heavy atom. The molecule has 8 nitrogen and oxygen atoms in total. The molecule has 3 aliphatic rings. The molecule has 4 heterocycles. The number of amides is 2. The van der Waals surface area contributed by atoms with E-state index in [2.05, 4.69) is 39.5 Å². The summed E-state index contributed by atoms with van der Waals surface area (Å²) < 4.78 is 6.20. The molecule has 3 aromatic rings. The van der Waals surface area contributed by atoms with E-state index in [-0.39, 0.29) is 11.4 Å². The number of piperidine rings is 2. The van der Waals surface area contributed by atoms with Gasteiger partial charge in [-0.3, -0.25) is 9.89 Å². The predicted molar refractivity (Wildman–Crippen MR) is 193 cm³/mol. The molecule has 0 spiro atoms. The van der Waals surface area contributed by atoms with E-state index in [0.29, 0.717) is 58.9 Å². The quantitative estimate of drug-likeness (QED) is 0.260. The van der Waals surface area contributed by atoms with Crippen LogP contribution in [0.2, 0.25) is 10.0 Å². The zero-order valence-corrected chi connectivity index (χ0v) is 30.6. The predicted octanol–water partition coefficient (Wildman–Crippen LogP) is 8.44. The summed E-state index contributed by atoms with van der Waals surface area (Å²) in [6, 6.07) is 15.9. The number of carbonyl (C=O) groups excluding carboxylic acids is 1. The highest BCUT2D eigenvalue weighted by Crippen LogP contribution is 2.54. The van der Waals surface area contributed by atoms with Crippen LogP contribution in [0.4, 0.5) is 4.79 Å². The summed E-state index contributed by atoms with van der Waals surface area (Å²) in [6.07, 6.45) is 7.50. The normalized spacial score (nSPS) is 24.1. The molecule has 2 amide bonds. The summed E-state index contributed by atoms with van der Waals surface area (Å²) in [5.41, 5.74) is 0.198. The van der Waals surface area contributed by atoms with Crippen LogP contribution in [0, 0.1) is 0 Å². The van der Waals surface area contributed by atoms with E-state index in [1.165, 1.54) is 19.3 Å². The highest BCUT2D eigenvalue weighted by Gasteiger charge is 2.60. The average molecular weight is 692 g/mol. The van der Waals surface area contributed by atoms with Crippen molar-refractivity contribution in [2.24, 2.45) is 4.99 Å². The Balaban J connectivity index is 1.51. The minimum Gasteiger partial charge on any atom is -0.477 e. The number of rotatable bonds is 6. The van der Waals surface area contributed by atoms with Crippen LogP contribution in [0.15, 0.2) is 59.7 Å². The number of ether oxygens (including phenoxy) is 1. The van der Waals surface area contributed by atoms with Crippen molar-refractivity contribution >= 4 is 35.1 Å². The van der Waals surface area contributed by atoms with Crippen LogP contribution >= 0.6 is 23.2 Å². The van der Waals surface area contributed by atoms with Crippen LogP contribution in [0.3, 0.4) is 0 Å². The first-order valence-corrected chi connectivity index (χ1v) is 18.1. The van der Waals surface area contributed by atoms with Gasteiger partial charge in [-0.1, -0.05) is 74.7 Å². The fourth-order valence-electron chi connectivity index (χ4n) is 7.54. The zero-order valence-electron chi connectivity index (χ0n) is 29.1. The van der Waals surface area contributed by atoms with Crippen molar-refractivity contribution in [2.75, 3.05) is 32.8 Å². The third-order valence-corrected chi connectivity index (χ3v) is 11.0. The third kappa shape index (κ3) is 6.32. The van der Waals surface area contributed by atoms with Gasteiger partial charge >= 0.3 is 6.03 Å². The van der Waals surface area contributed by atoms with Gasteiger partial charge in [-0.25, -0.2) is 9.78 Å². The smallest absolute Gasteiger partial charge is 0.326 e. The van der Waals surface area contributed by atoms with Gasteiger partial charge in [0.25, 0.3) is 0 Å². The number of carbonyl (C=O) groups is 1. The molecule has 3 aliphatic heterocycles. The van der Waals surface area contributed by atoms with Gasteiger partial charge in [-0.15, -0.1) is 0 Å². The minimum atomic E-state index is -0.978. The summed E-state index contributed by atoms with van der Waals surface area (Å²) in [6.45, 7) is 16.4. The lowest BCUT2D eigenvalue weighted by atomic mass is 9.71. The fourth-order valence-corrected chi connectivity index (χ4v) is 7.79. The summed E-state index contributed by atoms with van der Waals surface area (Å²) in [5.74, 6) is 1.56. The van der Waals surface area contributed by atoms with Crippen LogP contribution in [0.25, 0.3) is 0 Å². The van der Waals surface area contributed by atoms with Crippen LogP contribution < -0.4 is 4.74 Å². The van der Waals surface area contributed by atoms with Crippen molar-refractivity contribution in [1.29, 1.82) is 0 Å². The van der Waals surface area contributed by atoms with Crippen molar-refractivity contribution in [1.82, 2.24) is 24.7 Å². The Kier molecular flexibility index (Phi) is 9.82. The molecule has 0 bridgehead atoms. The zero-order chi connectivity index (χ0) is 34.3. The Bertz CT molecular complexity index is 1640. The second-order valence-corrected chi connectivity index (χ2v) is 15.5. The number of urea groups is 1. The molecule has 2 aromatic carbocycles. The second-order valence-electron chi connectivity index (χ2n) is 14.6. The van der Waals surface area contributed by atoms with Crippen molar-refractivity contribution in [2.45, 2.75) is 96.2 Å². The van der Waals surface area contributed by atoms with Crippen LogP contribution in [-0.4, -0.2) is 75.4 Å². The molecular weight excluding hydrogens is 643 g/mol. The lowest BCUT2D eigenvalue weighted by Gasteiger charge is -2.47. The van der Waals surface area contributed by atoms with Crippen molar-refractivity contribution < 1.29 is 9.53 Å². The average Bonchev–Trinajstić information content (AvgIpc) is 3.33. The van der Waals surface area contributed by atoms with E-state index < -0.39 is 11.1 Å². The standard InChI is InChI=1S/C38H48Cl2N6O2/c1-7-48-33-31(25-41-34(42-33)36(2,3)4)32-43-37(5,26-11-15-28(39)16-12-26)38(6,27-13-17-29(40)18-14-27)46(32)35(47)45-23-19-30(20-24-45)44-21-9-8-10-22-44/h11-18,25,30H,7-10,19-24H2,1-6H3/t37-,38+/m0/s1. The first kappa shape index (κ1) is 34.7. The third-order valence-electron chi connectivity index (χ3n) is 10.5. The largest absolute Gasteiger partial charge is 0.477 e. The topological polar surface area (TPSA) is 74.2 Å². The number of likely N-dealkylation sites (tertiary alicyclic amines) is 2. The maximum Gasteiger partial charge on any atom is 0.326 e. The Morgan fingerprint density at radius 2 is 1.48 bits per heavy atom. The van der Waals surface area contributed by atoms with E-state index in [1.807, 2.05) is 65.3 Å². The lowest BCUT2D eigenvalue weighted by molar-refractivity contribution is 0.0755. The summed E-state index contributed by atoms with van der Waals surface area (Å²) in [4.78, 5) is 37.0. The number of nitrogens with zero attached hydrogens (tertiary/aromatic N) is 6. The number of hydrogen-bond donors (Lipinski definition) is 0. The molecule has 6 rings (SSSR count). The Morgan fingerprint density at radius 1 is 0.896 bits per heavy atom. The molecule has 0 N–H and O–H groups in total. The number of hydrogen-bond acceptors (Lipinski definition) is 6. The van der Waals surface area contributed by atoms with Gasteiger partial charge in [0.15, 0.2) is 0 Å². The molecular formula is C38H48Cl2N6O2. The number of benzene rings is 2. The first-order valence-electron chi connectivity index (χ1n) is 17.3. The molecule has 2 saturated heterocycles. The summed E-state index contributed by atoms with van der Waals surface area (Å²) >= 11 is 12.8. The Hall–Kier alpha value is -3.20. The van der Waals surface area contributed by atoms with Crippen LogP contribution in [0.1, 0.15) is 96.2 Å². The SMILES string of the molecule is CCOc1nc(C(C)(C)C)ncc1C1=N[C@@](C)(c2ccc(Cl)cc2)[C@@](C)(c2ccc(Cl)cc2)N1C(=O)N1CCC(N2CCCCC2)CC1. The summed E-state index contributed by atoms with van der Waals surface area (Å²) in [7, 11) is 0. The van der Waals surface area contributed by atoms with Gasteiger partial charge in [0.1, 0.15) is 22.7 Å². The first-order chi connectivity index (χ1) is 22.9. The van der Waals surface area contributed by atoms with Crippen LogP contribution in [-0.2, 0) is 16.5 Å². The van der Waals surface area contributed by atoms with E-state index >= 15 is 4.79 Å². The molecule has 0 aliphatic carbocycles. The highest BCUT2D eigenvalue weighted by atomic mass is 35.5. The van der Waals surface area contributed by atoms with Gasteiger partial charge in [-0.05, 0) is 94.9 Å². The van der Waals surface area contributed by atoms with Crippen molar-refractivity contribution in [3.63, 3.8) is 0 Å². The molecule has 48 heavy (non-hydrogen) atoms. The van der Waals surface area contributed by atoms with Crippen LogP contribution in [0.5, 0.6) is 5.88 Å². The number of amidine groups is 1. The molecule has 0 saturated carbocycles. The molecule has 2 atom stereocenters. The molecule has 2 fully saturated rings. The minimum absolute atomic E-state index is 0.0941. The van der Waals surface area contributed by atoms with E-state index in [1.54, 1.807) is 6.20 Å². The van der Waals surface area contributed by atoms with Gasteiger partial charge < -0.3 is 14.5 Å². The lowest BCUT2D eigenvalue weighted by Crippen LogP contribution is -2.60. The fraction of sp³-hybridized carbons (Fsp3) is 0.526. The van der Waals surface area contributed by atoms with Gasteiger partial charge in [0.05, 0.1) is 12.2 Å². The van der Waals surface area contributed by atoms with Gasteiger partial charge in [0.2, 0.25) is 5.88 Å². The Labute approximate surface area is 295 Å². The van der Waals surface area contributed by atoms with E-state index in [4.69, 9.17) is 42.9 Å². The van der Waals surface area contributed by atoms with E-state index in [9.17, 15) is 0 Å². The summed E-state index contributed by atoms with van der Waals surface area (Å²) in [5, 5.41) is 1.25. The number of aliphatic imine (C=N–C) groups is 1. The second kappa shape index (κ2) is 13.6. The number of halogens is 2. The maximum atomic E-state index is 15.2. The molecule has 1 aromatic heterocycles. The van der Waals surface area contributed by atoms with E-state index in [0.717, 1.165) is 37.1 Å². The van der Waals surface area contributed by atoms with Crippen molar-refractivity contribution in [3.8, 4) is 5.88 Å². The monoisotopic (exact) mass is 690 g/mol. The molecule has 0 radical (unpaired) electrons. The maximum absolute atomic E-state index is 15.2. The van der Waals surface area contributed by atoms with Gasteiger partial charge in [-0.2, -0.15) is 4.98 Å². The molecule has 0 unspecified atom stereocenters. The molecule has 10 heteroatoms. The number of aromatic nitrogens is 2. The molecule has 256 valence electrons. The highest BCUT2D eigenvalue weighted by molar-refractivity contribution is 6.30. The van der Waals surface area contributed by atoms with Crippen molar-refractivity contribution in [3.05, 3.63) is 87.3 Å². The van der Waals surface area contributed by atoms with Gasteiger partial charge in [0, 0.05) is 40.8 Å².